The highest BCUT2D eigenvalue weighted by atomic mass is 19.1. The van der Waals surface area contributed by atoms with Gasteiger partial charge in [-0.3, -0.25) is 4.68 Å². The van der Waals surface area contributed by atoms with Crippen LogP contribution in [0.5, 0.6) is 5.75 Å². The minimum atomic E-state index is -0.278. The summed E-state index contributed by atoms with van der Waals surface area (Å²) >= 11 is 0. The van der Waals surface area contributed by atoms with Crippen LogP contribution in [0, 0.1) is 17.1 Å². The third-order valence-electron chi connectivity index (χ3n) is 5.74. The maximum atomic E-state index is 13.9. The molecule has 1 aliphatic rings. The molecule has 0 saturated carbocycles. The number of fused-ring (bicyclic) bond motifs is 5. The summed E-state index contributed by atoms with van der Waals surface area (Å²) in [5.41, 5.74) is 10.2. The highest BCUT2D eigenvalue weighted by molar-refractivity contribution is 5.68. The molecule has 0 saturated heterocycles. The second-order valence-electron chi connectivity index (χ2n) is 7.92. The van der Waals surface area contributed by atoms with E-state index in [4.69, 9.17) is 15.5 Å². The predicted octanol–water partition coefficient (Wildman–Crippen LogP) is 3.92. The largest absolute Gasteiger partial charge is 0.493 e. The molecule has 4 rings (SSSR count). The molecule has 3 aromatic rings. The summed E-state index contributed by atoms with van der Waals surface area (Å²) in [6.45, 7) is 2.57. The Balaban J connectivity index is 1.76. The molecule has 2 aromatic heterocycles. The van der Waals surface area contributed by atoms with Crippen molar-refractivity contribution in [3.8, 4) is 23.1 Å². The third kappa shape index (κ3) is 4.22. The van der Waals surface area contributed by atoms with E-state index in [0.717, 1.165) is 24.1 Å². The minimum absolute atomic E-state index is 0.0457. The van der Waals surface area contributed by atoms with Gasteiger partial charge >= 0.3 is 0 Å². The number of rotatable bonds is 0. The SMILES string of the molecule is C[C@H]1CCc2nc(cnc2N)-c2c(nn(C)c2C#N)CCCCOc2ccc(F)cc21. The molecular weight excluding hydrogens is 395 g/mol. The summed E-state index contributed by atoms with van der Waals surface area (Å²) in [5.74, 6) is 0.838. The zero-order chi connectivity index (χ0) is 22.0. The van der Waals surface area contributed by atoms with E-state index in [-0.39, 0.29) is 11.7 Å². The number of nitrogens with zero attached hydrogens (tertiary/aromatic N) is 5. The van der Waals surface area contributed by atoms with Crippen molar-refractivity contribution >= 4 is 5.82 Å². The second-order valence-corrected chi connectivity index (χ2v) is 7.92. The van der Waals surface area contributed by atoms with Gasteiger partial charge < -0.3 is 10.5 Å². The zero-order valence-electron chi connectivity index (χ0n) is 17.7. The molecule has 0 amide bonds. The van der Waals surface area contributed by atoms with E-state index in [9.17, 15) is 9.65 Å². The van der Waals surface area contributed by atoms with Crippen LogP contribution in [0.15, 0.2) is 24.4 Å². The highest BCUT2D eigenvalue weighted by Gasteiger charge is 2.21. The molecule has 3 heterocycles. The molecule has 1 aromatic carbocycles. The van der Waals surface area contributed by atoms with Gasteiger partial charge in [0.2, 0.25) is 0 Å². The first-order valence-corrected chi connectivity index (χ1v) is 10.5. The molecule has 8 heteroatoms. The Kier molecular flexibility index (Phi) is 5.85. The fourth-order valence-electron chi connectivity index (χ4n) is 4.01. The normalized spacial score (nSPS) is 16.8. The molecule has 2 bridgehead atoms. The molecule has 2 N–H and O–H groups in total. The van der Waals surface area contributed by atoms with E-state index in [0.29, 0.717) is 60.1 Å². The van der Waals surface area contributed by atoms with Gasteiger partial charge in [0, 0.05) is 7.05 Å². The van der Waals surface area contributed by atoms with E-state index in [1.54, 1.807) is 30.1 Å². The number of halogens is 1. The molecule has 1 aliphatic heterocycles. The van der Waals surface area contributed by atoms with E-state index in [1.165, 1.54) is 6.07 Å². The molecule has 0 unspecified atom stereocenters. The number of aromatic nitrogens is 4. The van der Waals surface area contributed by atoms with Crippen LogP contribution in [-0.2, 0) is 19.9 Å². The van der Waals surface area contributed by atoms with E-state index >= 15 is 0 Å². The number of nitrogen functional groups attached to an aromatic ring is 1. The third-order valence-corrected chi connectivity index (χ3v) is 5.74. The molecule has 0 radical (unpaired) electrons. The number of hydrogen-bond donors (Lipinski definition) is 1. The lowest BCUT2D eigenvalue weighted by Crippen LogP contribution is -2.07. The van der Waals surface area contributed by atoms with Crippen molar-refractivity contribution in [1.29, 1.82) is 5.26 Å². The average Bonchev–Trinajstić information content (AvgIpc) is 3.07. The number of nitriles is 1. The molecule has 0 spiro atoms. The predicted molar refractivity (Wildman–Crippen MR) is 115 cm³/mol. The molecule has 0 aliphatic carbocycles. The van der Waals surface area contributed by atoms with Crippen molar-refractivity contribution < 1.29 is 9.13 Å². The molecule has 160 valence electrons. The molecule has 1 atom stereocenters. The maximum Gasteiger partial charge on any atom is 0.147 e. The van der Waals surface area contributed by atoms with Crippen molar-refractivity contribution in [2.75, 3.05) is 12.3 Å². The van der Waals surface area contributed by atoms with Gasteiger partial charge in [0.05, 0.1) is 35.4 Å². The summed E-state index contributed by atoms with van der Waals surface area (Å²) in [4.78, 5) is 9.10. The minimum Gasteiger partial charge on any atom is -0.493 e. The second kappa shape index (κ2) is 8.72. The lowest BCUT2D eigenvalue weighted by molar-refractivity contribution is 0.301. The number of benzene rings is 1. The fourth-order valence-corrected chi connectivity index (χ4v) is 4.01. The van der Waals surface area contributed by atoms with Crippen molar-refractivity contribution in [1.82, 2.24) is 19.7 Å². The summed E-state index contributed by atoms with van der Waals surface area (Å²) < 4.78 is 21.5. The van der Waals surface area contributed by atoms with E-state index in [1.807, 2.05) is 6.92 Å². The molecular formula is C23H25FN6O. The van der Waals surface area contributed by atoms with Gasteiger partial charge in [0.1, 0.15) is 29.1 Å². The number of hydrogen-bond acceptors (Lipinski definition) is 6. The first-order chi connectivity index (χ1) is 15.0. The van der Waals surface area contributed by atoms with Gasteiger partial charge in [0.25, 0.3) is 0 Å². The monoisotopic (exact) mass is 420 g/mol. The Morgan fingerprint density at radius 2 is 2.10 bits per heavy atom. The standard InChI is InChI=1S/C23H25FN6O/c1-14-6-8-18-23(26)27-13-19(28-18)22-17(29-30(2)20(22)12-25)5-3-4-10-31-21-9-7-15(24)11-16(14)21/h7,9,11,13-14H,3-6,8,10H2,1-2H3,(H2,26,27)/t14-/m0/s1. The number of anilines is 1. The van der Waals surface area contributed by atoms with Crippen LogP contribution in [0.2, 0.25) is 0 Å². The summed E-state index contributed by atoms with van der Waals surface area (Å²) in [6, 6.07) is 6.91. The molecule has 0 fully saturated rings. The van der Waals surface area contributed by atoms with Crippen molar-refractivity contribution in [3.05, 3.63) is 52.9 Å². The van der Waals surface area contributed by atoms with Gasteiger partial charge in [-0.05, 0) is 61.8 Å². The maximum absolute atomic E-state index is 13.9. The van der Waals surface area contributed by atoms with Crippen LogP contribution in [0.3, 0.4) is 0 Å². The Morgan fingerprint density at radius 1 is 1.26 bits per heavy atom. The first-order valence-electron chi connectivity index (χ1n) is 10.5. The molecule has 31 heavy (non-hydrogen) atoms. The molecule has 7 nitrogen and oxygen atoms in total. The quantitative estimate of drug-likeness (QED) is 0.591. The van der Waals surface area contributed by atoms with Crippen LogP contribution in [0.4, 0.5) is 10.2 Å². The van der Waals surface area contributed by atoms with E-state index in [2.05, 4.69) is 16.2 Å². The Hall–Kier alpha value is -3.47. The van der Waals surface area contributed by atoms with Gasteiger partial charge in [-0.1, -0.05) is 6.92 Å². The van der Waals surface area contributed by atoms with Gasteiger partial charge in [-0.15, -0.1) is 0 Å². The lowest BCUT2D eigenvalue weighted by atomic mass is 9.94. The van der Waals surface area contributed by atoms with Crippen LogP contribution in [0.25, 0.3) is 11.3 Å². The Morgan fingerprint density at radius 3 is 2.90 bits per heavy atom. The van der Waals surface area contributed by atoms with E-state index < -0.39 is 0 Å². The van der Waals surface area contributed by atoms with Gasteiger partial charge in [-0.2, -0.15) is 10.4 Å². The number of aryl methyl sites for hydroxylation is 3. The van der Waals surface area contributed by atoms with Crippen molar-refractivity contribution in [2.45, 2.75) is 44.9 Å². The Labute approximate surface area is 180 Å². The van der Waals surface area contributed by atoms with Gasteiger partial charge in [0.15, 0.2) is 0 Å². The number of ether oxygens (including phenoxy) is 1. The van der Waals surface area contributed by atoms with Crippen LogP contribution < -0.4 is 10.5 Å². The topological polar surface area (TPSA) is 103 Å². The summed E-state index contributed by atoms with van der Waals surface area (Å²) in [5, 5.41) is 14.2. The smallest absolute Gasteiger partial charge is 0.147 e. The van der Waals surface area contributed by atoms with Gasteiger partial charge in [-0.25, -0.2) is 14.4 Å². The average molecular weight is 420 g/mol. The van der Waals surface area contributed by atoms with Crippen molar-refractivity contribution in [3.63, 3.8) is 0 Å². The lowest BCUT2D eigenvalue weighted by Gasteiger charge is -2.17. The first kappa shape index (κ1) is 20.8. The van der Waals surface area contributed by atoms with Crippen LogP contribution >= 0.6 is 0 Å². The van der Waals surface area contributed by atoms with Crippen LogP contribution in [0.1, 0.15) is 54.7 Å². The summed E-state index contributed by atoms with van der Waals surface area (Å²) in [6.07, 6.45) is 5.20. The summed E-state index contributed by atoms with van der Waals surface area (Å²) in [7, 11) is 1.76. The van der Waals surface area contributed by atoms with Crippen molar-refractivity contribution in [2.24, 2.45) is 7.05 Å². The van der Waals surface area contributed by atoms with Crippen LogP contribution in [-0.4, -0.2) is 26.4 Å². The highest BCUT2D eigenvalue weighted by Crippen LogP contribution is 2.33. The fraction of sp³-hybridized carbons (Fsp3) is 0.391. The zero-order valence-corrected chi connectivity index (χ0v) is 17.7. The number of nitrogens with two attached hydrogens (primary N) is 1. The Bertz CT molecular complexity index is 1150.